The molecule has 3 atom stereocenters. The fourth-order valence-corrected chi connectivity index (χ4v) is 5.32. The maximum atomic E-state index is 12.9. The predicted octanol–water partition coefficient (Wildman–Crippen LogP) is 2.97. The van der Waals surface area contributed by atoms with Gasteiger partial charge in [-0.15, -0.1) is 0 Å². The number of fused-ring (bicyclic) bond motifs is 1. The Kier molecular flexibility index (Phi) is 5.62. The minimum Gasteiger partial charge on any atom is -0.413 e. The van der Waals surface area contributed by atoms with Crippen molar-refractivity contribution in [3.63, 3.8) is 0 Å². The number of β-lactam (4-membered cyclic amide) rings is 1. The molecule has 0 aliphatic carbocycles. The van der Waals surface area contributed by atoms with E-state index in [9.17, 15) is 14.4 Å². The summed E-state index contributed by atoms with van der Waals surface area (Å²) in [6.07, 6.45) is -0.0247. The minimum atomic E-state index is -2.02. The third-order valence-corrected chi connectivity index (χ3v) is 11.4. The van der Waals surface area contributed by atoms with Gasteiger partial charge in [0.25, 0.3) is 0 Å². The molecule has 8 heteroatoms. The molecule has 0 unspecified atom stereocenters. The third kappa shape index (κ3) is 3.78. The van der Waals surface area contributed by atoms with Crippen molar-refractivity contribution in [3.8, 4) is 0 Å². The quantitative estimate of drug-likeness (QED) is 0.433. The fourth-order valence-electron chi connectivity index (χ4n) is 3.89. The molecular formula is C22H33N3O4Si. The SMILES string of the molecule is C[C@@H](O[Si](C)(C)C(C)(C)C)[C@H]1C(=O)N[C@@H]1CC(=O)c1ccc2c(c1)n(C)c(=O)n2C. The number of Topliss-reactive ketones (excluding diaryl/α,β-unsaturated/α-hetero) is 1. The molecule has 1 fully saturated rings. The van der Waals surface area contributed by atoms with Crippen LogP contribution in [0.1, 0.15) is 44.5 Å². The molecule has 1 saturated heterocycles. The molecule has 164 valence electrons. The standard InChI is InChI=1S/C22H33N3O4Si/c1-13(29-30(7,8)22(2,3)4)19-15(23-20(19)27)12-18(26)14-9-10-16-17(11-14)25(6)21(28)24(16)5/h9-11,13,15,19H,12H2,1-8H3,(H,23,27)/t13-,15-,19-/m1/s1. The Morgan fingerprint density at radius 3 is 2.33 bits per heavy atom. The number of benzene rings is 1. The van der Waals surface area contributed by atoms with Crippen molar-refractivity contribution in [1.82, 2.24) is 14.5 Å². The number of aromatic nitrogens is 2. The van der Waals surface area contributed by atoms with E-state index in [1.54, 1.807) is 36.9 Å². The van der Waals surface area contributed by atoms with E-state index in [4.69, 9.17) is 4.43 Å². The van der Waals surface area contributed by atoms with Crippen molar-refractivity contribution in [2.45, 2.75) is 64.4 Å². The Bertz CT molecular complexity index is 1060. The number of ketones is 1. The van der Waals surface area contributed by atoms with Gasteiger partial charge >= 0.3 is 5.69 Å². The number of hydrogen-bond acceptors (Lipinski definition) is 4. The topological polar surface area (TPSA) is 82.3 Å². The highest BCUT2D eigenvalue weighted by molar-refractivity contribution is 6.74. The fraction of sp³-hybridized carbons (Fsp3) is 0.591. The first-order chi connectivity index (χ1) is 13.7. The van der Waals surface area contributed by atoms with Crippen LogP contribution in [-0.2, 0) is 23.3 Å². The van der Waals surface area contributed by atoms with Gasteiger partial charge in [0.2, 0.25) is 5.91 Å². The lowest BCUT2D eigenvalue weighted by atomic mass is 9.82. The third-order valence-electron chi connectivity index (χ3n) is 6.86. The van der Waals surface area contributed by atoms with Gasteiger partial charge in [0.05, 0.1) is 29.1 Å². The molecule has 1 aromatic heterocycles. The van der Waals surface area contributed by atoms with Crippen LogP contribution < -0.4 is 11.0 Å². The van der Waals surface area contributed by atoms with E-state index in [1.165, 1.54) is 4.57 Å². The van der Waals surface area contributed by atoms with Gasteiger partial charge in [-0.2, -0.15) is 0 Å². The highest BCUT2D eigenvalue weighted by atomic mass is 28.4. The summed E-state index contributed by atoms with van der Waals surface area (Å²) in [6, 6.07) is 5.06. The smallest absolute Gasteiger partial charge is 0.328 e. The number of amides is 1. The maximum Gasteiger partial charge on any atom is 0.328 e. The van der Waals surface area contributed by atoms with Gasteiger partial charge in [0, 0.05) is 26.1 Å². The monoisotopic (exact) mass is 431 g/mol. The van der Waals surface area contributed by atoms with Gasteiger partial charge in [0.15, 0.2) is 14.1 Å². The summed E-state index contributed by atoms with van der Waals surface area (Å²) in [6.45, 7) is 12.8. The molecule has 1 aliphatic rings. The molecular weight excluding hydrogens is 398 g/mol. The number of carbonyl (C=O) groups excluding carboxylic acids is 2. The second-order valence-corrected chi connectivity index (χ2v) is 14.7. The normalized spacial score (nSPS) is 20.7. The van der Waals surface area contributed by atoms with Gasteiger partial charge in [-0.25, -0.2) is 4.79 Å². The molecule has 1 aromatic carbocycles. The highest BCUT2D eigenvalue weighted by Crippen LogP contribution is 2.39. The summed E-state index contributed by atoms with van der Waals surface area (Å²) in [4.78, 5) is 37.3. The molecule has 0 radical (unpaired) electrons. The first-order valence-electron chi connectivity index (χ1n) is 10.4. The predicted molar refractivity (Wildman–Crippen MR) is 120 cm³/mol. The number of rotatable bonds is 6. The lowest BCUT2D eigenvalue weighted by Gasteiger charge is -2.45. The number of hydrogen-bond donors (Lipinski definition) is 1. The number of aryl methyl sites for hydroxylation is 2. The van der Waals surface area contributed by atoms with E-state index in [1.807, 2.05) is 6.92 Å². The lowest BCUT2D eigenvalue weighted by molar-refractivity contribution is -0.139. The second-order valence-electron chi connectivity index (χ2n) is 9.96. The molecule has 1 N–H and O–H groups in total. The van der Waals surface area contributed by atoms with Crippen molar-refractivity contribution in [2.75, 3.05) is 0 Å². The second kappa shape index (κ2) is 7.49. The van der Waals surface area contributed by atoms with E-state index in [2.05, 4.69) is 39.2 Å². The van der Waals surface area contributed by atoms with Gasteiger partial charge in [-0.05, 0) is 43.3 Å². The van der Waals surface area contributed by atoms with Crippen LogP contribution in [0.5, 0.6) is 0 Å². The molecule has 0 saturated carbocycles. The lowest BCUT2D eigenvalue weighted by Crippen LogP contribution is -2.64. The average molecular weight is 432 g/mol. The molecule has 2 heterocycles. The van der Waals surface area contributed by atoms with Crippen LogP contribution in [0.25, 0.3) is 11.0 Å². The van der Waals surface area contributed by atoms with E-state index in [-0.39, 0.29) is 46.9 Å². The minimum absolute atomic E-state index is 0.0494. The number of nitrogens with one attached hydrogen (secondary N) is 1. The first kappa shape index (κ1) is 22.5. The van der Waals surface area contributed by atoms with Gasteiger partial charge < -0.3 is 9.74 Å². The van der Waals surface area contributed by atoms with Crippen molar-refractivity contribution in [2.24, 2.45) is 20.0 Å². The van der Waals surface area contributed by atoms with Crippen molar-refractivity contribution < 1.29 is 14.0 Å². The molecule has 0 spiro atoms. The van der Waals surface area contributed by atoms with Crippen LogP contribution in [0.15, 0.2) is 23.0 Å². The number of carbonyl (C=O) groups is 2. The van der Waals surface area contributed by atoms with E-state index < -0.39 is 8.32 Å². The summed E-state index contributed by atoms with van der Waals surface area (Å²) in [5.74, 6) is -0.435. The van der Waals surface area contributed by atoms with Crippen LogP contribution in [0.4, 0.5) is 0 Å². The van der Waals surface area contributed by atoms with E-state index >= 15 is 0 Å². The number of nitrogens with zero attached hydrogens (tertiary/aromatic N) is 2. The Morgan fingerprint density at radius 1 is 1.17 bits per heavy atom. The average Bonchev–Trinajstić information content (AvgIpc) is 2.83. The summed E-state index contributed by atoms with van der Waals surface area (Å²) >= 11 is 0. The van der Waals surface area contributed by atoms with Crippen LogP contribution >= 0.6 is 0 Å². The maximum absolute atomic E-state index is 12.9. The van der Waals surface area contributed by atoms with E-state index in [0.29, 0.717) is 5.56 Å². The van der Waals surface area contributed by atoms with Crippen molar-refractivity contribution in [3.05, 3.63) is 34.2 Å². The summed E-state index contributed by atoms with van der Waals surface area (Å²) in [5.41, 5.74) is 1.92. The van der Waals surface area contributed by atoms with Gasteiger partial charge in [-0.1, -0.05) is 20.8 Å². The van der Waals surface area contributed by atoms with Crippen molar-refractivity contribution >= 4 is 31.0 Å². The Hall–Kier alpha value is -2.19. The highest BCUT2D eigenvalue weighted by Gasteiger charge is 2.47. The van der Waals surface area contributed by atoms with Gasteiger partial charge in [-0.3, -0.25) is 18.7 Å². The molecule has 2 aromatic rings. The Balaban J connectivity index is 1.75. The summed E-state index contributed by atoms with van der Waals surface area (Å²) in [7, 11) is 1.39. The van der Waals surface area contributed by atoms with Crippen LogP contribution in [0.2, 0.25) is 18.1 Å². The number of imidazole rings is 1. The molecule has 0 bridgehead atoms. The summed E-state index contributed by atoms with van der Waals surface area (Å²) in [5, 5.41) is 2.93. The Morgan fingerprint density at radius 2 is 1.77 bits per heavy atom. The first-order valence-corrected chi connectivity index (χ1v) is 13.3. The molecule has 30 heavy (non-hydrogen) atoms. The zero-order chi connectivity index (χ0) is 22.6. The molecule has 7 nitrogen and oxygen atoms in total. The Labute approximate surface area is 178 Å². The van der Waals surface area contributed by atoms with Crippen LogP contribution in [-0.4, -0.2) is 41.3 Å². The van der Waals surface area contributed by atoms with E-state index in [0.717, 1.165) is 11.0 Å². The summed E-state index contributed by atoms with van der Waals surface area (Å²) < 4.78 is 9.51. The van der Waals surface area contributed by atoms with Crippen LogP contribution in [0, 0.1) is 5.92 Å². The molecule has 1 amide bonds. The molecule has 1 aliphatic heterocycles. The van der Waals surface area contributed by atoms with Crippen LogP contribution in [0.3, 0.4) is 0 Å². The van der Waals surface area contributed by atoms with Gasteiger partial charge in [0.1, 0.15) is 0 Å². The largest absolute Gasteiger partial charge is 0.413 e. The van der Waals surface area contributed by atoms with Crippen molar-refractivity contribution in [1.29, 1.82) is 0 Å². The molecule has 3 rings (SSSR count). The zero-order valence-electron chi connectivity index (χ0n) is 19.2. The zero-order valence-corrected chi connectivity index (χ0v) is 20.2.